The van der Waals surface area contributed by atoms with Gasteiger partial charge in [-0.25, -0.2) is 4.39 Å². The van der Waals surface area contributed by atoms with Crippen LogP contribution in [0.25, 0.3) is 0 Å². The van der Waals surface area contributed by atoms with Crippen molar-refractivity contribution < 1.29 is 13.9 Å². The van der Waals surface area contributed by atoms with Crippen LogP contribution in [-0.4, -0.2) is 60.9 Å². The second-order valence-corrected chi connectivity index (χ2v) is 6.58. The van der Waals surface area contributed by atoms with Crippen LogP contribution in [0, 0.1) is 5.82 Å². The van der Waals surface area contributed by atoms with Crippen LogP contribution in [0.15, 0.2) is 24.3 Å². The number of carbonyl (C=O) groups is 1. The zero-order valence-corrected chi connectivity index (χ0v) is 14.3. The monoisotopic (exact) mass is 350 g/mol. The molecule has 1 aliphatic rings. The number of nitrogens with zero attached hydrogens (tertiary/aromatic N) is 4. The summed E-state index contributed by atoms with van der Waals surface area (Å²) in [5.74, 6) is -0.180. The van der Waals surface area contributed by atoms with E-state index in [4.69, 9.17) is 4.74 Å². The molecule has 0 radical (unpaired) electrons. The average molecular weight is 350 g/mol. The molecule has 24 heavy (non-hydrogen) atoms. The highest BCUT2D eigenvalue weighted by Crippen LogP contribution is 2.24. The van der Waals surface area contributed by atoms with Gasteiger partial charge in [-0.05, 0) is 11.6 Å². The molecule has 0 bridgehead atoms. The molecule has 2 aromatic rings. The van der Waals surface area contributed by atoms with E-state index in [0.717, 1.165) is 5.01 Å². The minimum atomic E-state index is -0.240. The Morgan fingerprint density at radius 3 is 2.88 bits per heavy atom. The second-order valence-electron chi connectivity index (χ2n) is 5.54. The summed E-state index contributed by atoms with van der Waals surface area (Å²) in [5.41, 5.74) is 0.598. The Hall–Kier alpha value is -2.06. The lowest BCUT2D eigenvalue weighted by Gasteiger charge is -2.33. The third-order valence-corrected chi connectivity index (χ3v) is 4.89. The number of anilines is 1. The van der Waals surface area contributed by atoms with Crippen molar-refractivity contribution in [1.29, 1.82) is 0 Å². The Balaban J connectivity index is 1.62. The van der Waals surface area contributed by atoms with Crippen LogP contribution in [0.3, 0.4) is 0 Å². The van der Waals surface area contributed by atoms with Crippen molar-refractivity contribution in [2.24, 2.45) is 0 Å². The fourth-order valence-corrected chi connectivity index (χ4v) is 3.45. The largest absolute Gasteiger partial charge is 0.383 e. The number of amides is 1. The first kappa shape index (κ1) is 16.8. The number of carbonyl (C=O) groups excluding carboxylic acids is 1. The Labute approximate surface area is 143 Å². The van der Waals surface area contributed by atoms with E-state index in [1.807, 2.05) is 4.90 Å². The van der Waals surface area contributed by atoms with Crippen LogP contribution in [0.1, 0.15) is 10.6 Å². The number of hydrogen-bond donors (Lipinski definition) is 0. The van der Waals surface area contributed by atoms with Gasteiger partial charge in [0, 0.05) is 33.2 Å². The number of hydrogen-bond acceptors (Lipinski definition) is 6. The first-order valence-electron chi connectivity index (χ1n) is 7.75. The smallest absolute Gasteiger partial charge is 0.242 e. The van der Waals surface area contributed by atoms with Crippen LogP contribution in [0.2, 0.25) is 0 Å². The zero-order chi connectivity index (χ0) is 16.9. The fraction of sp³-hybridized carbons (Fsp3) is 0.438. The number of methoxy groups -OCH3 is 1. The summed E-state index contributed by atoms with van der Waals surface area (Å²) in [6.45, 7) is 2.79. The first-order valence-corrected chi connectivity index (χ1v) is 8.56. The van der Waals surface area contributed by atoms with Crippen LogP contribution < -0.4 is 4.90 Å². The highest BCUT2D eigenvalue weighted by Gasteiger charge is 2.25. The van der Waals surface area contributed by atoms with Gasteiger partial charge < -0.3 is 14.5 Å². The maximum absolute atomic E-state index is 13.7. The van der Waals surface area contributed by atoms with E-state index in [0.29, 0.717) is 43.4 Å². The van der Waals surface area contributed by atoms with Crippen molar-refractivity contribution in [2.75, 3.05) is 44.8 Å². The molecule has 3 rings (SSSR count). The lowest BCUT2D eigenvalue weighted by Crippen LogP contribution is -2.51. The van der Waals surface area contributed by atoms with Gasteiger partial charge >= 0.3 is 0 Å². The average Bonchev–Trinajstić information content (AvgIpc) is 3.04. The Morgan fingerprint density at radius 1 is 1.29 bits per heavy atom. The van der Waals surface area contributed by atoms with Crippen molar-refractivity contribution in [3.8, 4) is 0 Å². The van der Waals surface area contributed by atoms with Gasteiger partial charge in [-0.3, -0.25) is 4.79 Å². The molecule has 0 unspecified atom stereocenters. The molecule has 128 valence electrons. The molecule has 6 nitrogen and oxygen atoms in total. The van der Waals surface area contributed by atoms with Crippen LogP contribution in [0.5, 0.6) is 0 Å². The highest BCUT2D eigenvalue weighted by atomic mass is 32.1. The fourth-order valence-electron chi connectivity index (χ4n) is 2.56. The standard InChI is InChI=1S/C16H19FN4O2S/c1-23-9-8-20-6-7-21(11-15(20)22)16-19-18-14(24-16)10-12-4-2-3-5-13(12)17/h2-5H,6-11H2,1H3. The lowest BCUT2D eigenvalue weighted by atomic mass is 10.1. The van der Waals surface area contributed by atoms with Crippen LogP contribution in [0.4, 0.5) is 9.52 Å². The maximum atomic E-state index is 13.7. The topological polar surface area (TPSA) is 58.6 Å². The van der Waals surface area contributed by atoms with E-state index >= 15 is 0 Å². The first-order chi connectivity index (χ1) is 11.7. The quantitative estimate of drug-likeness (QED) is 0.791. The molecule has 2 heterocycles. The zero-order valence-electron chi connectivity index (χ0n) is 13.4. The summed E-state index contributed by atoms with van der Waals surface area (Å²) >= 11 is 1.41. The SMILES string of the molecule is COCCN1CCN(c2nnc(Cc3ccccc3F)s2)CC1=O. The predicted molar refractivity (Wildman–Crippen MR) is 89.8 cm³/mol. The highest BCUT2D eigenvalue weighted by molar-refractivity contribution is 7.15. The normalized spacial score (nSPS) is 15.2. The number of halogens is 1. The summed E-state index contributed by atoms with van der Waals surface area (Å²) in [6.07, 6.45) is 0.409. The molecule has 1 aromatic carbocycles. The number of aromatic nitrogens is 2. The molecule has 1 amide bonds. The van der Waals surface area contributed by atoms with E-state index in [2.05, 4.69) is 10.2 Å². The third-order valence-electron chi connectivity index (χ3n) is 3.91. The van der Waals surface area contributed by atoms with E-state index in [9.17, 15) is 9.18 Å². The van der Waals surface area contributed by atoms with Crippen molar-refractivity contribution in [3.05, 3.63) is 40.7 Å². The van der Waals surface area contributed by atoms with Crippen LogP contribution in [-0.2, 0) is 16.0 Å². The number of ether oxygens (including phenoxy) is 1. The van der Waals surface area contributed by atoms with E-state index in [-0.39, 0.29) is 18.3 Å². The lowest BCUT2D eigenvalue weighted by molar-refractivity contribution is -0.131. The Kier molecular flexibility index (Phi) is 5.37. The minimum absolute atomic E-state index is 0.0594. The summed E-state index contributed by atoms with van der Waals surface area (Å²) in [4.78, 5) is 15.9. The van der Waals surface area contributed by atoms with Gasteiger partial charge in [0.05, 0.1) is 13.2 Å². The molecule has 1 aliphatic heterocycles. The van der Waals surface area contributed by atoms with Gasteiger partial charge in [0.25, 0.3) is 0 Å². The molecular formula is C16H19FN4O2S. The minimum Gasteiger partial charge on any atom is -0.383 e. The molecule has 0 saturated carbocycles. The molecule has 1 saturated heterocycles. The van der Waals surface area contributed by atoms with Gasteiger partial charge in [0.15, 0.2) is 0 Å². The van der Waals surface area contributed by atoms with Gasteiger partial charge in [-0.1, -0.05) is 29.5 Å². The number of benzene rings is 1. The summed E-state index contributed by atoms with van der Waals surface area (Å²) in [5, 5.41) is 9.75. The summed E-state index contributed by atoms with van der Waals surface area (Å²) < 4.78 is 18.7. The second kappa shape index (κ2) is 7.67. The van der Waals surface area contributed by atoms with Gasteiger partial charge in [0.2, 0.25) is 11.0 Å². The maximum Gasteiger partial charge on any atom is 0.242 e. The molecule has 8 heteroatoms. The van der Waals surface area contributed by atoms with Crippen molar-refractivity contribution in [2.45, 2.75) is 6.42 Å². The van der Waals surface area contributed by atoms with Gasteiger partial charge in [0.1, 0.15) is 10.8 Å². The Bertz CT molecular complexity index is 709. The molecular weight excluding hydrogens is 331 g/mol. The van der Waals surface area contributed by atoms with Crippen LogP contribution >= 0.6 is 11.3 Å². The molecule has 0 aliphatic carbocycles. The number of rotatable bonds is 6. The van der Waals surface area contributed by atoms with Gasteiger partial charge in [-0.2, -0.15) is 0 Å². The van der Waals surface area contributed by atoms with E-state index < -0.39 is 0 Å². The molecule has 0 spiro atoms. The van der Waals surface area contributed by atoms with Crippen molar-refractivity contribution in [3.63, 3.8) is 0 Å². The number of piperazine rings is 1. The van der Waals surface area contributed by atoms with E-state index in [1.54, 1.807) is 30.2 Å². The predicted octanol–water partition coefficient (Wildman–Crippen LogP) is 1.56. The molecule has 1 aromatic heterocycles. The Morgan fingerprint density at radius 2 is 2.12 bits per heavy atom. The van der Waals surface area contributed by atoms with E-state index in [1.165, 1.54) is 17.4 Å². The summed E-state index contributed by atoms with van der Waals surface area (Å²) in [7, 11) is 1.62. The van der Waals surface area contributed by atoms with Gasteiger partial charge in [-0.15, -0.1) is 10.2 Å². The molecule has 0 N–H and O–H groups in total. The van der Waals surface area contributed by atoms with Crippen molar-refractivity contribution in [1.82, 2.24) is 15.1 Å². The summed E-state index contributed by atoms with van der Waals surface area (Å²) in [6, 6.07) is 6.65. The molecule has 1 fully saturated rings. The third kappa shape index (κ3) is 3.88. The van der Waals surface area contributed by atoms with Crippen molar-refractivity contribution >= 4 is 22.4 Å². The molecule has 0 atom stereocenters.